The van der Waals surface area contributed by atoms with Crippen molar-refractivity contribution in [2.75, 3.05) is 17.6 Å². The van der Waals surface area contributed by atoms with Gasteiger partial charge in [-0.2, -0.15) is 10.4 Å². The Hall–Kier alpha value is -4.46. The van der Waals surface area contributed by atoms with Gasteiger partial charge >= 0.3 is 0 Å². The van der Waals surface area contributed by atoms with Crippen LogP contribution in [-0.4, -0.2) is 33.2 Å². The van der Waals surface area contributed by atoms with Crippen molar-refractivity contribution in [3.63, 3.8) is 0 Å². The van der Waals surface area contributed by atoms with Crippen LogP contribution >= 0.6 is 0 Å². The summed E-state index contributed by atoms with van der Waals surface area (Å²) in [6.07, 6.45) is 2.77. The number of anilines is 2. The number of nitrogens with two attached hydrogens (primary N) is 1. The summed E-state index contributed by atoms with van der Waals surface area (Å²) in [6.45, 7) is 0.267. The van der Waals surface area contributed by atoms with Crippen molar-refractivity contribution < 1.29 is 14.1 Å². The Labute approximate surface area is 194 Å². The van der Waals surface area contributed by atoms with Gasteiger partial charge in [0.1, 0.15) is 29.0 Å². The number of nitro groups is 1. The van der Waals surface area contributed by atoms with E-state index in [2.05, 4.69) is 15.7 Å². The van der Waals surface area contributed by atoms with Crippen LogP contribution in [0.5, 0.6) is 0 Å². The number of amides is 1. The van der Waals surface area contributed by atoms with Gasteiger partial charge < -0.3 is 16.4 Å². The van der Waals surface area contributed by atoms with Crippen LogP contribution in [-0.2, 0) is 6.42 Å². The topological polar surface area (TPSA) is 152 Å². The molecule has 10 nitrogen and oxygen atoms in total. The highest BCUT2D eigenvalue weighted by atomic mass is 19.1. The van der Waals surface area contributed by atoms with E-state index in [0.29, 0.717) is 29.9 Å². The highest BCUT2D eigenvalue weighted by Gasteiger charge is 2.25. The number of benzene rings is 2. The van der Waals surface area contributed by atoms with Crippen LogP contribution in [0.2, 0.25) is 0 Å². The zero-order chi connectivity index (χ0) is 24.2. The number of nitrogens with one attached hydrogen (secondary N) is 2. The van der Waals surface area contributed by atoms with Gasteiger partial charge in [-0.25, -0.2) is 9.07 Å². The van der Waals surface area contributed by atoms with E-state index < -0.39 is 16.6 Å². The van der Waals surface area contributed by atoms with Crippen molar-refractivity contribution in [2.24, 2.45) is 0 Å². The van der Waals surface area contributed by atoms with Gasteiger partial charge in [0, 0.05) is 24.2 Å². The number of nitro benzene ring substituents is 1. The number of halogens is 1. The van der Waals surface area contributed by atoms with E-state index in [1.165, 1.54) is 35.0 Å². The number of nitrogen functional groups attached to an aromatic ring is 1. The molecule has 1 aliphatic carbocycles. The zero-order valence-electron chi connectivity index (χ0n) is 18.1. The Kier molecular flexibility index (Phi) is 6.40. The maximum atomic E-state index is 13.2. The summed E-state index contributed by atoms with van der Waals surface area (Å²) in [7, 11) is 0. The molecule has 1 aromatic heterocycles. The van der Waals surface area contributed by atoms with E-state index in [-0.39, 0.29) is 35.2 Å². The first-order valence-electron chi connectivity index (χ1n) is 10.7. The van der Waals surface area contributed by atoms with Crippen molar-refractivity contribution in [1.29, 1.82) is 5.26 Å². The molecule has 1 heterocycles. The summed E-state index contributed by atoms with van der Waals surface area (Å²) in [5, 5.41) is 31.1. The number of carbonyl (C=O) groups excluding carboxylic acids is 1. The second-order valence-electron chi connectivity index (χ2n) is 7.97. The molecule has 4 rings (SSSR count). The van der Waals surface area contributed by atoms with E-state index in [1.54, 1.807) is 12.1 Å². The van der Waals surface area contributed by atoms with Crippen LogP contribution in [0.15, 0.2) is 42.5 Å². The van der Waals surface area contributed by atoms with Crippen molar-refractivity contribution in [3.05, 3.63) is 75.2 Å². The van der Waals surface area contributed by atoms with Crippen LogP contribution in [0.1, 0.15) is 40.9 Å². The number of nitriles is 1. The minimum Gasteiger partial charge on any atom is -0.382 e. The highest BCUT2D eigenvalue weighted by molar-refractivity contribution is 5.95. The minimum absolute atomic E-state index is 0.139. The molecular weight excluding hydrogens is 441 g/mol. The molecular formula is C23H22FN7O3. The monoisotopic (exact) mass is 463 g/mol. The molecule has 2 aromatic carbocycles. The highest BCUT2D eigenvalue weighted by Crippen LogP contribution is 2.31. The number of nitrogens with zero attached hydrogens (tertiary/aromatic N) is 4. The van der Waals surface area contributed by atoms with Gasteiger partial charge in [-0.3, -0.25) is 14.9 Å². The Morgan fingerprint density at radius 1 is 1.29 bits per heavy atom. The fourth-order valence-electron chi connectivity index (χ4n) is 3.51. The van der Waals surface area contributed by atoms with E-state index in [0.717, 1.165) is 12.8 Å². The first kappa shape index (κ1) is 22.7. The lowest BCUT2D eigenvalue weighted by molar-refractivity contribution is -0.384. The number of hydrogen-bond acceptors (Lipinski definition) is 7. The molecule has 1 fully saturated rings. The fourth-order valence-corrected chi connectivity index (χ4v) is 3.51. The fraction of sp³-hybridized carbons (Fsp3) is 0.261. The van der Waals surface area contributed by atoms with Crippen molar-refractivity contribution in [2.45, 2.75) is 31.7 Å². The largest absolute Gasteiger partial charge is 0.382 e. The number of aryl methyl sites for hydroxylation is 1. The number of carbonyl (C=O) groups is 1. The molecule has 1 amide bonds. The first-order chi connectivity index (χ1) is 16.4. The smallest absolute Gasteiger partial charge is 0.293 e. The molecule has 1 aliphatic rings. The summed E-state index contributed by atoms with van der Waals surface area (Å²) < 4.78 is 14.6. The average Bonchev–Trinajstić information content (AvgIpc) is 3.58. The summed E-state index contributed by atoms with van der Waals surface area (Å²) >= 11 is 0. The Bertz CT molecular complexity index is 1280. The van der Waals surface area contributed by atoms with Gasteiger partial charge in [0.25, 0.3) is 11.6 Å². The van der Waals surface area contributed by atoms with E-state index >= 15 is 0 Å². The molecule has 11 heteroatoms. The molecule has 0 spiro atoms. The summed E-state index contributed by atoms with van der Waals surface area (Å²) in [5.74, 6) is -0.677. The predicted molar refractivity (Wildman–Crippen MR) is 123 cm³/mol. The number of rotatable bonds is 9. The van der Waals surface area contributed by atoms with E-state index in [4.69, 9.17) is 5.73 Å². The normalized spacial score (nSPS) is 12.7. The minimum atomic E-state index is -0.507. The molecule has 0 bridgehead atoms. The molecule has 0 aliphatic heterocycles. The summed E-state index contributed by atoms with van der Waals surface area (Å²) in [4.78, 5) is 23.4. The van der Waals surface area contributed by atoms with Gasteiger partial charge in [0.15, 0.2) is 0 Å². The molecule has 0 atom stereocenters. The predicted octanol–water partition coefficient (Wildman–Crippen LogP) is 3.31. The Morgan fingerprint density at radius 2 is 2.03 bits per heavy atom. The van der Waals surface area contributed by atoms with Crippen LogP contribution in [0.25, 0.3) is 5.69 Å². The third-order valence-corrected chi connectivity index (χ3v) is 5.45. The number of aromatic nitrogens is 2. The van der Waals surface area contributed by atoms with Crippen molar-refractivity contribution in [1.82, 2.24) is 15.1 Å². The standard InChI is InChI=1S/C23H22FN7O3/c24-15-4-8-17(9-5-15)30-22(26)18(13-25)19(29-30)2-1-11-27-23(32)14-3-10-20(28-16-6-7-16)21(12-14)31(33)34/h3-5,8-10,12,16,28H,1-2,6-7,11,26H2,(H,27,32). The maximum absolute atomic E-state index is 13.2. The van der Waals surface area contributed by atoms with Gasteiger partial charge in [0.05, 0.1) is 16.3 Å². The van der Waals surface area contributed by atoms with Gasteiger partial charge in [0.2, 0.25) is 0 Å². The lowest BCUT2D eigenvalue weighted by Gasteiger charge is -2.08. The average molecular weight is 463 g/mol. The third-order valence-electron chi connectivity index (χ3n) is 5.45. The second kappa shape index (κ2) is 9.58. The molecule has 174 valence electrons. The Balaban J connectivity index is 1.38. The first-order valence-corrected chi connectivity index (χ1v) is 10.7. The van der Waals surface area contributed by atoms with E-state index in [9.17, 15) is 24.6 Å². The molecule has 1 saturated carbocycles. The van der Waals surface area contributed by atoms with Crippen molar-refractivity contribution in [3.8, 4) is 11.8 Å². The number of hydrogen-bond donors (Lipinski definition) is 3. The van der Waals surface area contributed by atoms with E-state index in [1.807, 2.05) is 6.07 Å². The molecule has 0 saturated heterocycles. The van der Waals surface area contributed by atoms with Crippen LogP contribution in [0, 0.1) is 27.3 Å². The molecule has 34 heavy (non-hydrogen) atoms. The van der Waals surface area contributed by atoms with Gasteiger partial charge in [-0.05, 0) is 62.1 Å². The van der Waals surface area contributed by atoms with Crippen LogP contribution < -0.4 is 16.4 Å². The second-order valence-corrected chi connectivity index (χ2v) is 7.97. The third kappa shape index (κ3) is 4.96. The molecule has 4 N–H and O–H groups in total. The Morgan fingerprint density at radius 3 is 2.68 bits per heavy atom. The van der Waals surface area contributed by atoms with Gasteiger partial charge in [-0.15, -0.1) is 0 Å². The van der Waals surface area contributed by atoms with Crippen LogP contribution in [0.3, 0.4) is 0 Å². The quantitative estimate of drug-likeness (QED) is 0.250. The van der Waals surface area contributed by atoms with Crippen LogP contribution in [0.4, 0.5) is 21.6 Å². The van der Waals surface area contributed by atoms with Gasteiger partial charge in [-0.1, -0.05) is 0 Å². The lowest BCUT2D eigenvalue weighted by Crippen LogP contribution is -2.25. The summed E-state index contributed by atoms with van der Waals surface area (Å²) in [6, 6.07) is 12.2. The summed E-state index contributed by atoms with van der Waals surface area (Å²) in [5.41, 5.74) is 7.72. The zero-order valence-corrected chi connectivity index (χ0v) is 18.1. The maximum Gasteiger partial charge on any atom is 0.293 e. The SMILES string of the molecule is N#Cc1c(CCCNC(=O)c2ccc(NC3CC3)c([N+](=O)[O-])c2)nn(-c2ccc(F)cc2)c1N. The molecule has 3 aromatic rings. The molecule has 0 unspecified atom stereocenters. The van der Waals surface area contributed by atoms with Crippen molar-refractivity contribution >= 4 is 23.1 Å². The lowest BCUT2D eigenvalue weighted by atomic mass is 10.1. The molecule has 0 radical (unpaired) electrons.